The maximum atomic E-state index is 6.43. The zero-order chi connectivity index (χ0) is 16.5. The largest absolute Gasteiger partial charge is 0.382 e. The molecule has 2 aliphatic heterocycles. The van der Waals surface area contributed by atoms with Crippen molar-refractivity contribution in [2.45, 2.75) is 30.0 Å². The fraction of sp³-hybridized carbons (Fsp3) is 0.667. The third-order valence-corrected chi connectivity index (χ3v) is 5.67. The van der Waals surface area contributed by atoms with Crippen LogP contribution < -0.4 is 5.73 Å². The normalized spacial score (nSPS) is 40.0. The maximum Gasteiger partial charge on any atom is 0.167 e. The Morgan fingerprint density at radius 1 is 1.38 bits per heavy atom. The lowest BCUT2D eigenvalue weighted by atomic mass is 9.59. The second kappa shape index (κ2) is 4.63. The molecule has 9 nitrogen and oxygen atoms in total. The van der Waals surface area contributed by atoms with Gasteiger partial charge in [0.1, 0.15) is 29.2 Å². The van der Waals surface area contributed by atoms with Gasteiger partial charge in [0.2, 0.25) is 0 Å². The highest BCUT2D eigenvalue weighted by Crippen LogP contribution is 2.65. The lowest BCUT2D eigenvalue weighted by Gasteiger charge is -2.54. The quantitative estimate of drug-likeness (QED) is 0.841. The van der Waals surface area contributed by atoms with Crippen molar-refractivity contribution in [3.8, 4) is 0 Å². The van der Waals surface area contributed by atoms with Crippen LogP contribution in [-0.2, 0) is 18.9 Å². The second-order valence-electron chi connectivity index (χ2n) is 6.79. The van der Waals surface area contributed by atoms with Crippen molar-refractivity contribution in [3.63, 3.8) is 0 Å². The van der Waals surface area contributed by atoms with Gasteiger partial charge in [0.25, 0.3) is 0 Å². The van der Waals surface area contributed by atoms with Gasteiger partial charge in [-0.05, 0) is 0 Å². The Kier molecular flexibility index (Phi) is 2.80. The van der Waals surface area contributed by atoms with E-state index in [1.54, 1.807) is 20.5 Å². The van der Waals surface area contributed by atoms with Crippen molar-refractivity contribution < 1.29 is 18.9 Å². The Morgan fingerprint density at radius 2 is 2.25 bits per heavy atom. The minimum Gasteiger partial charge on any atom is -0.382 e. The summed E-state index contributed by atoms with van der Waals surface area (Å²) < 4.78 is 25.6. The third kappa shape index (κ3) is 1.55. The van der Waals surface area contributed by atoms with E-state index in [-0.39, 0.29) is 23.9 Å². The number of hydrogen-bond acceptors (Lipinski definition) is 8. The number of methoxy groups -OCH3 is 2. The van der Waals surface area contributed by atoms with Crippen molar-refractivity contribution in [3.05, 3.63) is 12.7 Å². The molecule has 4 unspecified atom stereocenters. The molecule has 0 radical (unpaired) electrons. The highest BCUT2D eigenvalue weighted by Gasteiger charge is 2.77. The van der Waals surface area contributed by atoms with Crippen LogP contribution in [0.2, 0.25) is 0 Å². The van der Waals surface area contributed by atoms with Crippen LogP contribution >= 0.6 is 0 Å². The molecule has 2 saturated heterocycles. The first kappa shape index (κ1) is 14.5. The summed E-state index contributed by atoms with van der Waals surface area (Å²) in [4.78, 5) is 12.6. The van der Waals surface area contributed by atoms with E-state index in [9.17, 15) is 0 Å². The predicted molar refractivity (Wildman–Crippen MR) is 82.1 cm³/mol. The molecule has 2 aromatic rings. The number of nitrogens with two attached hydrogens (primary N) is 1. The van der Waals surface area contributed by atoms with Gasteiger partial charge in [0.15, 0.2) is 17.7 Å². The van der Waals surface area contributed by atoms with Crippen molar-refractivity contribution in [1.82, 2.24) is 19.5 Å². The molecule has 3 fully saturated rings. The van der Waals surface area contributed by atoms with Crippen LogP contribution in [0.25, 0.3) is 11.2 Å². The number of hydrogen-bond donors (Lipinski definition) is 1. The Balaban J connectivity index is 1.59. The zero-order valence-electron chi connectivity index (χ0n) is 13.5. The predicted octanol–water partition coefficient (Wildman–Crippen LogP) is 0.126. The van der Waals surface area contributed by atoms with Crippen LogP contribution in [0.3, 0.4) is 0 Å². The summed E-state index contributed by atoms with van der Waals surface area (Å²) in [6.07, 6.45) is 3.39. The molecule has 5 rings (SSSR count). The van der Waals surface area contributed by atoms with Crippen LogP contribution in [0.1, 0.15) is 12.6 Å². The van der Waals surface area contributed by atoms with Crippen LogP contribution in [0.5, 0.6) is 0 Å². The van der Waals surface area contributed by atoms with Gasteiger partial charge in [-0.3, -0.25) is 4.57 Å². The van der Waals surface area contributed by atoms with E-state index in [0.717, 1.165) is 6.42 Å². The summed E-state index contributed by atoms with van der Waals surface area (Å²) in [5.41, 5.74) is 6.41. The maximum absolute atomic E-state index is 6.43. The number of aromatic nitrogens is 4. The number of rotatable bonds is 4. The fourth-order valence-electron chi connectivity index (χ4n) is 4.77. The van der Waals surface area contributed by atoms with E-state index < -0.39 is 5.60 Å². The van der Waals surface area contributed by atoms with Crippen LogP contribution in [0.4, 0.5) is 5.82 Å². The Morgan fingerprint density at radius 3 is 3.04 bits per heavy atom. The highest BCUT2D eigenvalue weighted by molar-refractivity contribution is 5.81. The molecule has 1 saturated carbocycles. The highest BCUT2D eigenvalue weighted by atomic mass is 16.6. The Bertz CT molecular complexity index is 812. The molecule has 1 aliphatic carbocycles. The topological polar surface area (TPSA) is 107 Å². The number of nitrogen functional groups attached to an aromatic ring is 1. The summed E-state index contributed by atoms with van der Waals surface area (Å²) in [5.74, 6) is 0.474. The first-order valence-electron chi connectivity index (χ1n) is 7.91. The van der Waals surface area contributed by atoms with Gasteiger partial charge in [0.05, 0.1) is 25.5 Å². The molecule has 3 aliphatic rings. The monoisotopic (exact) mass is 333 g/mol. The molecule has 2 N–H and O–H groups in total. The van der Waals surface area contributed by atoms with E-state index in [1.165, 1.54) is 6.33 Å². The van der Waals surface area contributed by atoms with Gasteiger partial charge in [-0.1, -0.05) is 0 Å². The van der Waals surface area contributed by atoms with Gasteiger partial charge in [-0.15, -0.1) is 0 Å². The minimum atomic E-state index is -0.397. The van der Waals surface area contributed by atoms with Crippen molar-refractivity contribution >= 4 is 17.0 Å². The van der Waals surface area contributed by atoms with Gasteiger partial charge in [-0.25, -0.2) is 15.0 Å². The lowest BCUT2D eigenvalue weighted by Crippen LogP contribution is -2.67. The fourth-order valence-corrected chi connectivity index (χ4v) is 4.77. The minimum absolute atomic E-state index is 0.122. The van der Waals surface area contributed by atoms with E-state index >= 15 is 0 Å². The molecule has 2 aromatic heterocycles. The Labute approximate surface area is 138 Å². The standard InChI is InChI=1S/C15H19N5O4/c1-21-4-15-3-14(22-2)5-23-9(10(14)15)13(24-15)20-7-19-8-11(16)17-6-18-12(8)20/h6-7,9-10,13H,3-5H2,1-2H3,(H2,16,17,18)/t9?,10?,13-,14?,15?/m1/s1. The third-order valence-electron chi connectivity index (χ3n) is 5.67. The Hall–Kier alpha value is -1.81. The zero-order valence-corrected chi connectivity index (χ0v) is 13.5. The number of fused-ring (bicyclic) bond motifs is 1. The first-order valence-corrected chi connectivity index (χ1v) is 7.91. The van der Waals surface area contributed by atoms with Crippen LogP contribution in [0.15, 0.2) is 12.7 Å². The van der Waals surface area contributed by atoms with E-state index in [4.69, 9.17) is 24.7 Å². The van der Waals surface area contributed by atoms with Crippen LogP contribution in [-0.4, -0.2) is 64.3 Å². The molecule has 128 valence electrons. The van der Waals surface area contributed by atoms with Crippen molar-refractivity contribution in [1.29, 1.82) is 0 Å². The molecular formula is C15H19N5O4. The number of ether oxygens (including phenoxy) is 4. The van der Waals surface area contributed by atoms with E-state index in [2.05, 4.69) is 15.0 Å². The van der Waals surface area contributed by atoms with Crippen molar-refractivity contribution in [2.75, 3.05) is 33.2 Å². The van der Waals surface area contributed by atoms with E-state index in [1.807, 2.05) is 4.57 Å². The number of anilines is 1. The second-order valence-corrected chi connectivity index (χ2v) is 6.79. The van der Waals surface area contributed by atoms with Crippen LogP contribution in [0, 0.1) is 5.92 Å². The summed E-state index contributed by atoms with van der Waals surface area (Å²) in [5, 5.41) is 0. The molecule has 9 heteroatoms. The SMILES string of the molecule is COCC12CC3(OC)COC(C31)[C@H](n1cnc3c(N)ncnc31)O2. The van der Waals surface area contributed by atoms with Gasteiger partial charge in [0, 0.05) is 20.6 Å². The summed E-state index contributed by atoms with van der Waals surface area (Å²) in [6.45, 7) is 1.07. The molecule has 5 atom stereocenters. The summed E-state index contributed by atoms with van der Waals surface area (Å²) in [7, 11) is 3.42. The average molecular weight is 333 g/mol. The molecule has 24 heavy (non-hydrogen) atoms. The smallest absolute Gasteiger partial charge is 0.167 e. The molecule has 0 spiro atoms. The molecule has 4 heterocycles. The first-order chi connectivity index (χ1) is 11.6. The van der Waals surface area contributed by atoms with Gasteiger partial charge < -0.3 is 24.7 Å². The number of nitrogens with zero attached hydrogens (tertiary/aromatic N) is 4. The molecule has 0 bridgehead atoms. The molecule has 0 amide bonds. The lowest BCUT2D eigenvalue weighted by molar-refractivity contribution is -0.253. The summed E-state index contributed by atoms with van der Waals surface area (Å²) >= 11 is 0. The van der Waals surface area contributed by atoms with Crippen molar-refractivity contribution in [2.24, 2.45) is 5.92 Å². The molecular weight excluding hydrogens is 314 g/mol. The van der Waals surface area contributed by atoms with Gasteiger partial charge in [-0.2, -0.15) is 0 Å². The average Bonchev–Trinajstić information content (AvgIpc) is 3.18. The summed E-state index contributed by atoms with van der Waals surface area (Å²) in [6, 6.07) is 0. The van der Waals surface area contributed by atoms with E-state index in [0.29, 0.717) is 30.2 Å². The van der Waals surface area contributed by atoms with Gasteiger partial charge >= 0.3 is 0 Å². The molecule has 0 aromatic carbocycles. The number of imidazole rings is 1.